The lowest BCUT2D eigenvalue weighted by Gasteiger charge is -2.16. The quantitative estimate of drug-likeness (QED) is 0.870. The minimum Gasteiger partial charge on any atom is -0.496 e. The minimum atomic E-state index is -4.36. The summed E-state index contributed by atoms with van der Waals surface area (Å²) in [4.78, 5) is 0. The molecule has 0 spiro atoms. The van der Waals surface area contributed by atoms with Gasteiger partial charge in [-0.05, 0) is 18.6 Å². The number of methoxy groups -OCH3 is 1. The molecule has 5 heteroatoms. The van der Waals surface area contributed by atoms with Crippen LogP contribution in [0.25, 0.3) is 0 Å². The first kappa shape index (κ1) is 12.8. The maximum atomic E-state index is 12.4. The van der Waals surface area contributed by atoms with E-state index in [9.17, 15) is 13.2 Å². The lowest BCUT2D eigenvalue weighted by Crippen LogP contribution is -2.12. The fraction of sp³-hybridized carbons (Fsp3) is 0.455. The summed E-state index contributed by atoms with van der Waals surface area (Å²) in [5.41, 5.74) is 5.64. The average Bonchev–Trinajstić information content (AvgIpc) is 2.26. The second-order valence-electron chi connectivity index (χ2n) is 3.47. The van der Waals surface area contributed by atoms with Crippen molar-refractivity contribution in [1.82, 2.24) is 0 Å². The summed E-state index contributed by atoms with van der Waals surface area (Å²) in [6, 6.07) is 3.06. The molecule has 0 saturated carbocycles. The Morgan fingerprint density at radius 1 is 1.38 bits per heavy atom. The number of benzene rings is 1. The van der Waals surface area contributed by atoms with Crippen LogP contribution in [0.1, 0.15) is 30.5 Å². The highest BCUT2D eigenvalue weighted by atomic mass is 19.4. The van der Waals surface area contributed by atoms with Gasteiger partial charge >= 0.3 is 6.18 Å². The Hall–Kier alpha value is -1.23. The van der Waals surface area contributed by atoms with E-state index >= 15 is 0 Å². The van der Waals surface area contributed by atoms with Gasteiger partial charge in [-0.25, -0.2) is 0 Å². The standard InChI is InChI=1S/C11H14F3NO/c1-3-9(15)8-5-4-7(11(12,13)14)6-10(8)16-2/h4-6,9H,3,15H2,1-2H3/t9-/m1/s1. The van der Waals surface area contributed by atoms with Crippen LogP contribution in [0.2, 0.25) is 0 Å². The molecule has 16 heavy (non-hydrogen) atoms. The molecule has 0 aromatic heterocycles. The number of nitrogens with two attached hydrogens (primary N) is 1. The summed E-state index contributed by atoms with van der Waals surface area (Å²) in [5, 5.41) is 0. The van der Waals surface area contributed by atoms with Crippen molar-refractivity contribution in [3.63, 3.8) is 0 Å². The van der Waals surface area contributed by atoms with E-state index in [0.29, 0.717) is 12.0 Å². The summed E-state index contributed by atoms with van der Waals surface area (Å²) in [5.74, 6) is 0.184. The third kappa shape index (κ3) is 2.66. The van der Waals surface area contributed by atoms with Crippen LogP contribution < -0.4 is 10.5 Å². The monoisotopic (exact) mass is 233 g/mol. The van der Waals surface area contributed by atoms with E-state index in [2.05, 4.69) is 0 Å². The van der Waals surface area contributed by atoms with E-state index in [1.807, 2.05) is 6.92 Å². The molecule has 0 unspecified atom stereocenters. The fourth-order valence-electron chi connectivity index (χ4n) is 1.41. The molecule has 0 saturated heterocycles. The van der Waals surface area contributed by atoms with Crippen molar-refractivity contribution in [3.8, 4) is 5.75 Å². The zero-order chi connectivity index (χ0) is 12.3. The predicted molar refractivity (Wildman–Crippen MR) is 55.2 cm³/mol. The Morgan fingerprint density at radius 2 is 2.00 bits per heavy atom. The summed E-state index contributed by atoms with van der Waals surface area (Å²) >= 11 is 0. The van der Waals surface area contributed by atoms with Crippen molar-refractivity contribution in [2.45, 2.75) is 25.6 Å². The summed E-state index contributed by atoms with van der Waals surface area (Å²) in [6.45, 7) is 1.86. The van der Waals surface area contributed by atoms with Gasteiger partial charge in [-0.1, -0.05) is 13.0 Å². The molecule has 2 N–H and O–H groups in total. The molecule has 0 heterocycles. The Kier molecular flexibility index (Phi) is 3.80. The van der Waals surface area contributed by atoms with E-state index in [0.717, 1.165) is 12.1 Å². The van der Waals surface area contributed by atoms with Crippen molar-refractivity contribution in [3.05, 3.63) is 29.3 Å². The maximum absolute atomic E-state index is 12.4. The molecular formula is C11H14F3NO. The van der Waals surface area contributed by atoms with Crippen molar-refractivity contribution in [2.24, 2.45) is 5.73 Å². The second kappa shape index (κ2) is 4.74. The molecule has 0 aliphatic carbocycles. The highest BCUT2D eigenvalue weighted by molar-refractivity contribution is 5.40. The lowest BCUT2D eigenvalue weighted by atomic mass is 10.0. The second-order valence-corrected chi connectivity index (χ2v) is 3.47. The number of alkyl halides is 3. The van der Waals surface area contributed by atoms with Gasteiger partial charge in [0.1, 0.15) is 5.75 Å². The highest BCUT2D eigenvalue weighted by Gasteiger charge is 2.31. The van der Waals surface area contributed by atoms with E-state index < -0.39 is 11.7 Å². The van der Waals surface area contributed by atoms with Gasteiger partial charge in [-0.3, -0.25) is 0 Å². The van der Waals surface area contributed by atoms with E-state index in [1.165, 1.54) is 13.2 Å². The third-order valence-corrected chi connectivity index (χ3v) is 2.40. The minimum absolute atomic E-state index is 0.184. The molecule has 1 aromatic rings. The van der Waals surface area contributed by atoms with Crippen LogP contribution >= 0.6 is 0 Å². The van der Waals surface area contributed by atoms with E-state index in [-0.39, 0.29) is 11.8 Å². The van der Waals surface area contributed by atoms with Crippen LogP contribution in [0.3, 0.4) is 0 Å². The Bertz CT molecular complexity index is 363. The molecule has 1 aromatic carbocycles. The number of hydrogen-bond acceptors (Lipinski definition) is 2. The molecule has 0 aliphatic heterocycles. The van der Waals surface area contributed by atoms with Crippen LogP contribution in [0, 0.1) is 0 Å². The molecule has 2 nitrogen and oxygen atoms in total. The maximum Gasteiger partial charge on any atom is 0.416 e. The SMILES string of the molecule is CC[C@@H](N)c1ccc(C(F)(F)F)cc1OC. The number of ether oxygens (including phenoxy) is 1. The molecule has 90 valence electrons. The van der Waals surface area contributed by atoms with Crippen molar-refractivity contribution in [2.75, 3.05) is 7.11 Å². The van der Waals surface area contributed by atoms with Gasteiger partial charge in [-0.15, -0.1) is 0 Å². The topological polar surface area (TPSA) is 35.2 Å². The van der Waals surface area contributed by atoms with E-state index in [4.69, 9.17) is 10.5 Å². The first-order chi connectivity index (χ1) is 7.40. The molecule has 0 radical (unpaired) electrons. The first-order valence-electron chi connectivity index (χ1n) is 4.90. The normalized spacial score (nSPS) is 13.6. The van der Waals surface area contributed by atoms with Gasteiger partial charge in [0.15, 0.2) is 0 Å². The smallest absolute Gasteiger partial charge is 0.416 e. The van der Waals surface area contributed by atoms with Crippen molar-refractivity contribution in [1.29, 1.82) is 0 Å². The zero-order valence-electron chi connectivity index (χ0n) is 9.14. The first-order valence-corrected chi connectivity index (χ1v) is 4.90. The lowest BCUT2D eigenvalue weighted by molar-refractivity contribution is -0.137. The Balaban J connectivity index is 3.17. The third-order valence-electron chi connectivity index (χ3n) is 2.40. The van der Waals surface area contributed by atoms with Crippen molar-refractivity contribution >= 4 is 0 Å². The van der Waals surface area contributed by atoms with Crippen LogP contribution in [-0.2, 0) is 6.18 Å². The molecular weight excluding hydrogens is 219 g/mol. The Labute approximate surface area is 92.2 Å². The van der Waals surface area contributed by atoms with Gasteiger partial charge in [0.2, 0.25) is 0 Å². The molecule has 0 amide bonds. The van der Waals surface area contributed by atoms with Crippen LogP contribution in [0.5, 0.6) is 5.75 Å². The predicted octanol–water partition coefficient (Wildman–Crippen LogP) is 3.12. The fourth-order valence-corrected chi connectivity index (χ4v) is 1.41. The molecule has 0 fully saturated rings. The highest BCUT2D eigenvalue weighted by Crippen LogP contribution is 2.34. The summed E-state index contributed by atoms with van der Waals surface area (Å²) in [7, 11) is 1.33. The van der Waals surface area contributed by atoms with Gasteiger partial charge < -0.3 is 10.5 Å². The summed E-state index contributed by atoms with van der Waals surface area (Å²) in [6.07, 6.45) is -3.72. The largest absolute Gasteiger partial charge is 0.496 e. The van der Waals surface area contributed by atoms with Crippen LogP contribution in [0.4, 0.5) is 13.2 Å². The van der Waals surface area contributed by atoms with E-state index in [1.54, 1.807) is 0 Å². The number of rotatable bonds is 3. The number of hydrogen-bond donors (Lipinski definition) is 1. The number of halogens is 3. The van der Waals surface area contributed by atoms with Gasteiger partial charge in [0.05, 0.1) is 12.7 Å². The van der Waals surface area contributed by atoms with Gasteiger partial charge in [0, 0.05) is 11.6 Å². The molecule has 0 bridgehead atoms. The van der Waals surface area contributed by atoms with Crippen molar-refractivity contribution < 1.29 is 17.9 Å². The zero-order valence-corrected chi connectivity index (χ0v) is 9.14. The molecule has 1 atom stereocenters. The van der Waals surface area contributed by atoms with Crippen LogP contribution in [-0.4, -0.2) is 7.11 Å². The average molecular weight is 233 g/mol. The molecule has 1 rings (SSSR count). The van der Waals surface area contributed by atoms with Crippen LogP contribution in [0.15, 0.2) is 18.2 Å². The van der Waals surface area contributed by atoms with Gasteiger partial charge in [-0.2, -0.15) is 13.2 Å². The Morgan fingerprint density at radius 3 is 2.44 bits per heavy atom. The van der Waals surface area contributed by atoms with Gasteiger partial charge in [0.25, 0.3) is 0 Å². The molecule has 0 aliphatic rings. The summed E-state index contributed by atoms with van der Waals surface area (Å²) < 4.78 is 42.2.